The van der Waals surface area contributed by atoms with Crippen molar-refractivity contribution in [2.75, 3.05) is 5.32 Å². The highest BCUT2D eigenvalue weighted by molar-refractivity contribution is 6.35. The van der Waals surface area contributed by atoms with Crippen LogP contribution >= 0.6 is 34.8 Å². The lowest BCUT2D eigenvalue weighted by molar-refractivity contribution is 0.696. The monoisotopic (exact) mass is 954 g/mol. The Labute approximate surface area is 393 Å². The molecule has 0 spiro atoms. The molecule has 10 rings (SSSR count). The number of nitrogens with two attached hydrogens (primary N) is 1. The molecule has 10 aromatic rings. The van der Waals surface area contributed by atoms with Crippen LogP contribution in [0, 0.1) is 13.8 Å². The van der Waals surface area contributed by atoms with Crippen LogP contribution < -0.4 is 33.3 Å². The van der Waals surface area contributed by atoms with Crippen LogP contribution in [0.15, 0.2) is 129 Å². The molecule has 18 nitrogen and oxygen atoms in total. The average Bonchev–Trinajstić information content (AvgIpc) is 3.29. The van der Waals surface area contributed by atoms with Crippen LogP contribution in [0.25, 0.3) is 55.2 Å². The van der Waals surface area contributed by atoms with Gasteiger partial charge in [-0.25, -0.2) is 39.9 Å². The molecule has 0 bridgehead atoms. The van der Waals surface area contributed by atoms with E-state index in [2.05, 4.69) is 50.2 Å². The normalized spacial score (nSPS) is 12.0. The summed E-state index contributed by atoms with van der Waals surface area (Å²) < 4.78 is 3.08. The van der Waals surface area contributed by atoms with Crippen molar-refractivity contribution in [3.63, 3.8) is 0 Å². The van der Waals surface area contributed by atoms with Gasteiger partial charge in [-0.3, -0.25) is 28.3 Å². The number of benzene rings is 4. The molecule has 67 heavy (non-hydrogen) atoms. The van der Waals surface area contributed by atoms with Gasteiger partial charge in [-0.15, -0.1) is 0 Å². The minimum atomic E-state index is -0.515. The fraction of sp³-hybridized carbons (Fsp3) is 0.130. The molecule has 0 radical (unpaired) electrons. The summed E-state index contributed by atoms with van der Waals surface area (Å²) >= 11 is 18.2. The van der Waals surface area contributed by atoms with Gasteiger partial charge in [-0.1, -0.05) is 71.2 Å². The molecule has 2 unspecified atom stereocenters. The summed E-state index contributed by atoms with van der Waals surface area (Å²) in [6.45, 7) is 7.57. The SMILES string of the molecule is Cc1cccc(-n2c(C(C)N)nc3cccc(Cl)c3c2=O)c1.Cc1cccc(-n2c(C(C)Nc3ncnc4nc[nH]c(=O)c34)nc3cccc(Cl)c3c2=O)c1.O=c1[nH]cnc2ncnc(Cl)c12. The molecule has 6 heterocycles. The van der Waals surface area contributed by atoms with E-state index in [1.54, 1.807) is 41.0 Å². The first kappa shape index (κ1) is 45.8. The Kier molecular flexibility index (Phi) is 13.2. The van der Waals surface area contributed by atoms with Gasteiger partial charge in [-0.2, -0.15) is 0 Å². The van der Waals surface area contributed by atoms with Gasteiger partial charge in [0.05, 0.1) is 68.0 Å². The second-order valence-corrected chi connectivity index (χ2v) is 16.2. The highest BCUT2D eigenvalue weighted by Crippen LogP contribution is 2.27. The molecule has 0 amide bonds. The fourth-order valence-corrected chi connectivity index (χ4v) is 7.92. The van der Waals surface area contributed by atoms with Crippen LogP contribution in [0.4, 0.5) is 5.82 Å². The van der Waals surface area contributed by atoms with Crippen molar-refractivity contribution < 1.29 is 0 Å². The number of H-pyrrole nitrogens is 2. The molecule has 0 aliphatic heterocycles. The molecule has 0 saturated heterocycles. The second kappa shape index (κ2) is 19.4. The van der Waals surface area contributed by atoms with Gasteiger partial charge < -0.3 is 21.0 Å². The quantitative estimate of drug-likeness (QED) is 0.120. The Morgan fingerprint density at radius 2 is 1.06 bits per heavy atom. The third-order valence-electron chi connectivity index (χ3n) is 10.2. The number of halogens is 3. The Hall–Kier alpha value is -7.77. The highest BCUT2D eigenvalue weighted by Gasteiger charge is 2.22. The van der Waals surface area contributed by atoms with E-state index in [1.807, 2.05) is 76.2 Å². The van der Waals surface area contributed by atoms with E-state index < -0.39 is 6.04 Å². The maximum Gasteiger partial charge on any atom is 0.267 e. The molecular weight excluding hydrogens is 919 g/mol. The van der Waals surface area contributed by atoms with Gasteiger partial charge in [0.25, 0.3) is 22.2 Å². The highest BCUT2D eigenvalue weighted by atomic mass is 35.5. The number of aryl methyl sites for hydroxylation is 2. The average molecular weight is 956 g/mol. The van der Waals surface area contributed by atoms with Crippen molar-refractivity contribution in [3.8, 4) is 11.4 Å². The number of fused-ring (bicyclic) bond motifs is 4. The molecule has 0 aliphatic carbocycles. The third kappa shape index (κ3) is 9.36. The Bertz CT molecular complexity index is 3750. The predicted octanol–water partition coefficient (Wildman–Crippen LogP) is 7.28. The maximum atomic E-state index is 13.6. The van der Waals surface area contributed by atoms with E-state index in [9.17, 15) is 19.2 Å². The summed E-state index contributed by atoms with van der Waals surface area (Å²) in [4.78, 5) is 88.0. The molecule has 336 valence electrons. The van der Waals surface area contributed by atoms with Crippen LogP contribution in [0.1, 0.15) is 48.7 Å². The molecule has 2 atom stereocenters. The largest absolute Gasteiger partial charge is 0.360 e. The summed E-state index contributed by atoms with van der Waals surface area (Å²) in [6.07, 6.45) is 5.14. The maximum absolute atomic E-state index is 13.6. The van der Waals surface area contributed by atoms with E-state index >= 15 is 0 Å². The number of nitrogens with one attached hydrogen (secondary N) is 3. The second-order valence-electron chi connectivity index (χ2n) is 15.1. The zero-order valence-corrected chi connectivity index (χ0v) is 38.1. The van der Waals surface area contributed by atoms with Crippen LogP contribution in [0.3, 0.4) is 0 Å². The topological polar surface area (TPSA) is 251 Å². The van der Waals surface area contributed by atoms with E-state index in [-0.39, 0.29) is 55.7 Å². The van der Waals surface area contributed by atoms with E-state index in [0.29, 0.717) is 54.8 Å². The molecule has 5 N–H and O–H groups in total. The molecule has 4 aromatic carbocycles. The summed E-state index contributed by atoms with van der Waals surface area (Å²) in [5.74, 6) is 1.25. The van der Waals surface area contributed by atoms with Gasteiger partial charge in [0, 0.05) is 0 Å². The lowest BCUT2D eigenvalue weighted by Crippen LogP contribution is -2.28. The molecule has 21 heteroatoms. The standard InChI is InChI=1S/C23H18ClN7O2.C17H16ClN3O.C6H3ClN4O/c1-12-5-3-6-14(9-12)31-21(30-16-8-4-7-15(24)17(16)23(31)33)13(2)29-20-18-19(25-10-27-20)26-11-28-22(18)32;1-10-5-3-6-12(9-10)21-16(11(2)19)20-14-8-4-7-13(18)15(14)17(21)22;7-4-3-5(9-1-8-4)10-2-11-6(3)12/h3-11,13H,1-2H3,(H2,25,26,27,28,29,32);3-9,11H,19H2,1-2H3;1-2H,(H,8,9,10,11,12). The number of rotatable bonds is 6. The smallest absolute Gasteiger partial charge is 0.267 e. The van der Waals surface area contributed by atoms with Crippen molar-refractivity contribution in [1.29, 1.82) is 0 Å². The zero-order chi connectivity index (χ0) is 47.5. The summed E-state index contributed by atoms with van der Waals surface area (Å²) in [7, 11) is 0. The van der Waals surface area contributed by atoms with E-state index in [1.165, 1.54) is 29.9 Å². The predicted molar refractivity (Wildman–Crippen MR) is 260 cm³/mol. The van der Waals surface area contributed by atoms with Gasteiger partial charge >= 0.3 is 0 Å². The molecular formula is C46H37Cl3N14O4. The summed E-state index contributed by atoms with van der Waals surface area (Å²) in [6, 6.07) is 24.7. The van der Waals surface area contributed by atoms with Crippen molar-refractivity contribution in [1.82, 2.24) is 59.0 Å². The number of nitrogens with zero attached hydrogens (tertiary/aromatic N) is 10. The number of aromatic amines is 2. The van der Waals surface area contributed by atoms with E-state index in [0.717, 1.165) is 16.8 Å². The van der Waals surface area contributed by atoms with Gasteiger partial charge in [0.1, 0.15) is 46.0 Å². The van der Waals surface area contributed by atoms with Crippen molar-refractivity contribution in [3.05, 3.63) is 190 Å². The molecule has 0 aliphatic rings. The summed E-state index contributed by atoms with van der Waals surface area (Å²) in [5.41, 5.74) is 9.90. The zero-order valence-electron chi connectivity index (χ0n) is 35.9. The lowest BCUT2D eigenvalue weighted by atomic mass is 10.1. The number of hydrogen-bond acceptors (Lipinski definition) is 14. The molecule has 0 fully saturated rings. The van der Waals surface area contributed by atoms with Gasteiger partial charge in [-0.05, 0) is 87.4 Å². The minimum absolute atomic E-state index is 0.120. The Balaban J connectivity index is 0.000000153. The van der Waals surface area contributed by atoms with Gasteiger partial charge in [0.2, 0.25) is 0 Å². The van der Waals surface area contributed by atoms with Crippen LogP contribution in [0.2, 0.25) is 15.2 Å². The molecule has 0 saturated carbocycles. The first-order valence-electron chi connectivity index (χ1n) is 20.3. The Morgan fingerprint density at radius 3 is 1.58 bits per heavy atom. The minimum Gasteiger partial charge on any atom is -0.360 e. The first-order valence-corrected chi connectivity index (χ1v) is 21.5. The van der Waals surface area contributed by atoms with Gasteiger partial charge in [0.15, 0.2) is 11.3 Å². The lowest BCUT2D eigenvalue weighted by Gasteiger charge is -2.20. The van der Waals surface area contributed by atoms with Crippen molar-refractivity contribution in [2.45, 2.75) is 39.8 Å². The number of hydrogen-bond donors (Lipinski definition) is 4. The fourth-order valence-electron chi connectivity index (χ4n) is 7.20. The van der Waals surface area contributed by atoms with Crippen LogP contribution in [-0.4, -0.2) is 59.0 Å². The van der Waals surface area contributed by atoms with Crippen LogP contribution in [0.5, 0.6) is 0 Å². The first-order chi connectivity index (χ1) is 32.2. The third-order valence-corrected chi connectivity index (χ3v) is 11.2. The van der Waals surface area contributed by atoms with Crippen molar-refractivity contribution in [2.24, 2.45) is 5.73 Å². The Morgan fingerprint density at radius 1 is 0.582 bits per heavy atom. The molecule has 6 aromatic heterocycles. The number of anilines is 1. The van der Waals surface area contributed by atoms with Crippen LogP contribution in [-0.2, 0) is 0 Å². The summed E-state index contributed by atoms with van der Waals surface area (Å²) in [5, 5.41) is 5.25. The number of aromatic nitrogens is 12. The van der Waals surface area contributed by atoms with E-state index in [4.69, 9.17) is 45.5 Å². The van der Waals surface area contributed by atoms with Crippen molar-refractivity contribution >= 4 is 84.5 Å².